The van der Waals surface area contributed by atoms with E-state index in [1.54, 1.807) is 0 Å². The topological polar surface area (TPSA) is 55.1 Å². The van der Waals surface area contributed by atoms with Crippen molar-refractivity contribution in [2.24, 2.45) is 11.1 Å². The van der Waals surface area contributed by atoms with E-state index in [0.29, 0.717) is 25.0 Å². The van der Waals surface area contributed by atoms with Crippen molar-refractivity contribution in [3.8, 4) is 0 Å². The van der Waals surface area contributed by atoms with Crippen LogP contribution in [0.3, 0.4) is 0 Å². The molecule has 19 heavy (non-hydrogen) atoms. The molecule has 0 spiro atoms. The van der Waals surface area contributed by atoms with Gasteiger partial charge in [-0.2, -0.15) is 0 Å². The maximum absolute atomic E-state index is 13.5. The quantitative estimate of drug-likeness (QED) is 0.888. The molecule has 0 saturated heterocycles. The minimum Gasteiger partial charge on any atom is -0.329 e. The fourth-order valence-corrected chi connectivity index (χ4v) is 2.48. The molecule has 0 aromatic heterocycles. The summed E-state index contributed by atoms with van der Waals surface area (Å²) in [5.74, 6) is -3.79. The van der Waals surface area contributed by atoms with Gasteiger partial charge in [-0.25, -0.2) is 13.2 Å². The standard InChI is InChI=1S/C13H15F3N2O/c14-8-5-9(15)11(10(16)6-8)18-12(19)13(7-17)3-1-2-4-13/h5-6H,1-4,7,17H2,(H,18,19). The summed E-state index contributed by atoms with van der Waals surface area (Å²) in [7, 11) is 0. The molecule has 1 saturated carbocycles. The number of nitrogens with one attached hydrogen (secondary N) is 1. The van der Waals surface area contributed by atoms with Crippen LogP contribution in [-0.4, -0.2) is 12.5 Å². The van der Waals surface area contributed by atoms with Crippen molar-refractivity contribution < 1.29 is 18.0 Å². The number of carbonyl (C=O) groups is 1. The van der Waals surface area contributed by atoms with Crippen molar-refractivity contribution >= 4 is 11.6 Å². The smallest absolute Gasteiger partial charge is 0.232 e. The molecule has 3 N–H and O–H groups in total. The van der Waals surface area contributed by atoms with Gasteiger partial charge in [0.15, 0.2) is 11.6 Å². The zero-order valence-corrected chi connectivity index (χ0v) is 10.3. The van der Waals surface area contributed by atoms with Gasteiger partial charge in [-0.1, -0.05) is 12.8 Å². The Kier molecular flexibility index (Phi) is 3.80. The van der Waals surface area contributed by atoms with E-state index in [9.17, 15) is 18.0 Å². The molecule has 1 aromatic rings. The van der Waals surface area contributed by atoms with Gasteiger partial charge in [-0.15, -0.1) is 0 Å². The highest BCUT2D eigenvalue weighted by molar-refractivity contribution is 5.95. The highest BCUT2D eigenvalue weighted by Gasteiger charge is 2.40. The van der Waals surface area contributed by atoms with E-state index < -0.39 is 34.5 Å². The van der Waals surface area contributed by atoms with Crippen molar-refractivity contribution in [3.05, 3.63) is 29.6 Å². The van der Waals surface area contributed by atoms with Crippen LogP contribution in [0.25, 0.3) is 0 Å². The van der Waals surface area contributed by atoms with Crippen molar-refractivity contribution in [2.45, 2.75) is 25.7 Å². The van der Waals surface area contributed by atoms with Crippen LogP contribution in [0.4, 0.5) is 18.9 Å². The molecular formula is C13H15F3N2O. The minimum atomic E-state index is -1.13. The van der Waals surface area contributed by atoms with Crippen LogP contribution in [0, 0.1) is 22.9 Å². The molecule has 0 atom stereocenters. The molecule has 1 aliphatic rings. The lowest BCUT2D eigenvalue weighted by Gasteiger charge is -2.25. The third kappa shape index (κ3) is 2.58. The number of hydrogen-bond donors (Lipinski definition) is 2. The molecule has 0 heterocycles. The molecule has 104 valence electrons. The maximum atomic E-state index is 13.5. The average molecular weight is 272 g/mol. The summed E-state index contributed by atoms with van der Waals surface area (Å²) in [4.78, 5) is 12.1. The molecule has 0 unspecified atom stereocenters. The van der Waals surface area contributed by atoms with Crippen molar-refractivity contribution in [3.63, 3.8) is 0 Å². The monoisotopic (exact) mass is 272 g/mol. The summed E-state index contributed by atoms with van der Waals surface area (Å²) in [5.41, 5.74) is 4.23. The van der Waals surface area contributed by atoms with Gasteiger partial charge in [0, 0.05) is 18.7 Å². The third-order valence-electron chi connectivity index (χ3n) is 3.68. The summed E-state index contributed by atoms with van der Waals surface area (Å²) in [6.07, 6.45) is 2.91. The van der Waals surface area contributed by atoms with Crippen LogP contribution in [0.15, 0.2) is 12.1 Å². The number of benzene rings is 1. The zero-order valence-electron chi connectivity index (χ0n) is 10.3. The Morgan fingerprint density at radius 1 is 1.21 bits per heavy atom. The van der Waals surface area contributed by atoms with Gasteiger partial charge in [0.1, 0.15) is 11.5 Å². The maximum Gasteiger partial charge on any atom is 0.232 e. The molecule has 0 bridgehead atoms. The first kappa shape index (κ1) is 13.9. The second kappa shape index (κ2) is 5.21. The predicted molar refractivity (Wildman–Crippen MR) is 64.9 cm³/mol. The number of amides is 1. The number of hydrogen-bond acceptors (Lipinski definition) is 2. The number of rotatable bonds is 3. The zero-order chi connectivity index (χ0) is 14.0. The van der Waals surface area contributed by atoms with Gasteiger partial charge in [-0.05, 0) is 12.8 Å². The highest BCUT2D eigenvalue weighted by Crippen LogP contribution is 2.38. The lowest BCUT2D eigenvalue weighted by molar-refractivity contribution is -0.124. The molecular weight excluding hydrogens is 257 g/mol. The van der Waals surface area contributed by atoms with Gasteiger partial charge in [0.05, 0.1) is 5.41 Å². The van der Waals surface area contributed by atoms with E-state index in [-0.39, 0.29) is 6.54 Å². The lowest BCUT2D eigenvalue weighted by atomic mass is 9.85. The SMILES string of the molecule is NCC1(C(=O)Nc2c(F)cc(F)cc2F)CCCC1. The van der Waals surface area contributed by atoms with E-state index >= 15 is 0 Å². The Hall–Kier alpha value is -1.56. The Morgan fingerprint density at radius 3 is 2.21 bits per heavy atom. The first-order valence-corrected chi connectivity index (χ1v) is 6.14. The van der Waals surface area contributed by atoms with E-state index in [4.69, 9.17) is 5.73 Å². The average Bonchev–Trinajstić information content (AvgIpc) is 2.83. The highest BCUT2D eigenvalue weighted by atomic mass is 19.1. The molecule has 3 nitrogen and oxygen atoms in total. The normalized spacial score (nSPS) is 17.5. The van der Waals surface area contributed by atoms with Crippen LogP contribution in [0.5, 0.6) is 0 Å². The van der Waals surface area contributed by atoms with Crippen LogP contribution < -0.4 is 11.1 Å². The largest absolute Gasteiger partial charge is 0.329 e. The van der Waals surface area contributed by atoms with E-state index in [1.807, 2.05) is 0 Å². The predicted octanol–water partition coefficient (Wildman–Crippen LogP) is 2.56. The van der Waals surface area contributed by atoms with Crippen LogP contribution in [-0.2, 0) is 4.79 Å². The third-order valence-corrected chi connectivity index (χ3v) is 3.68. The number of carbonyl (C=O) groups excluding carboxylic acids is 1. The molecule has 0 aliphatic heterocycles. The first-order chi connectivity index (χ1) is 8.98. The molecule has 1 fully saturated rings. The molecule has 2 rings (SSSR count). The van der Waals surface area contributed by atoms with Gasteiger partial charge >= 0.3 is 0 Å². The van der Waals surface area contributed by atoms with Gasteiger partial charge in [0.25, 0.3) is 0 Å². The van der Waals surface area contributed by atoms with E-state index in [0.717, 1.165) is 12.8 Å². The fourth-order valence-electron chi connectivity index (χ4n) is 2.48. The summed E-state index contributed by atoms with van der Waals surface area (Å²) in [6.45, 7) is 0.128. The Labute approximate surface area is 109 Å². The van der Waals surface area contributed by atoms with Crippen LogP contribution in [0.2, 0.25) is 0 Å². The number of halogens is 3. The van der Waals surface area contributed by atoms with Crippen molar-refractivity contribution in [1.82, 2.24) is 0 Å². The summed E-state index contributed by atoms with van der Waals surface area (Å²) < 4.78 is 39.7. The molecule has 1 aliphatic carbocycles. The summed E-state index contributed by atoms with van der Waals surface area (Å²) in [5, 5.41) is 2.20. The minimum absolute atomic E-state index is 0.128. The van der Waals surface area contributed by atoms with Gasteiger partial charge in [-0.3, -0.25) is 4.79 Å². The van der Waals surface area contributed by atoms with Crippen LogP contribution >= 0.6 is 0 Å². The Bertz CT molecular complexity index is 476. The van der Waals surface area contributed by atoms with E-state index in [2.05, 4.69) is 5.32 Å². The number of anilines is 1. The molecule has 1 aromatic carbocycles. The number of nitrogens with two attached hydrogens (primary N) is 1. The first-order valence-electron chi connectivity index (χ1n) is 6.14. The Morgan fingerprint density at radius 2 is 1.74 bits per heavy atom. The Balaban J connectivity index is 2.24. The molecule has 1 amide bonds. The van der Waals surface area contributed by atoms with E-state index in [1.165, 1.54) is 0 Å². The molecule has 0 radical (unpaired) electrons. The second-order valence-corrected chi connectivity index (χ2v) is 4.89. The van der Waals surface area contributed by atoms with Crippen molar-refractivity contribution in [1.29, 1.82) is 0 Å². The van der Waals surface area contributed by atoms with Crippen LogP contribution in [0.1, 0.15) is 25.7 Å². The van der Waals surface area contributed by atoms with Crippen molar-refractivity contribution in [2.75, 3.05) is 11.9 Å². The van der Waals surface area contributed by atoms with Gasteiger partial charge in [0.2, 0.25) is 5.91 Å². The summed E-state index contributed by atoms with van der Waals surface area (Å²) in [6, 6.07) is 1.06. The second-order valence-electron chi connectivity index (χ2n) is 4.89. The molecule has 6 heteroatoms. The fraction of sp³-hybridized carbons (Fsp3) is 0.462. The summed E-state index contributed by atoms with van der Waals surface area (Å²) >= 11 is 0. The van der Waals surface area contributed by atoms with Gasteiger partial charge < -0.3 is 11.1 Å². The lowest BCUT2D eigenvalue weighted by Crippen LogP contribution is -2.40.